The summed E-state index contributed by atoms with van der Waals surface area (Å²) in [6.45, 7) is 3.76. The normalized spacial score (nSPS) is 11.6. The summed E-state index contributed by atoms with van der Waals surface area (Å²) in [5.74, 6) is 0. The van der Waals surface area contributed by atoms with Crippen LogP contribution in [0.2, 0.25) is 0 Å². The number of aryl methyl sites for hydroxylation is 3. The van der Waals surface area contributed by atoms with Crippen LogP contribution in [0.15, 0.2) is 46.2 Å². The van der Waals surface area contributed by atoms with E-state index >= 15 is 0 Å². The standard InChI is InChI=1S/C15H18N2O3S/c1-11-4-5-12(2)14(8-11)21(19,20)16-9-13-6-7-15(18)17(3)10-13/h4-8,10,16H,9H2,1-3H3. The summed E-state index contributed by atoms with van der Waals surface area (Å²) < 4.78 is 28.7. The number of aromatic nitrogens is 1. The molecule has 0 spiro atoms. The van der Waals surface area contributed by atoms with Crippen LogP contribution < -0.4 is 10.3 Å². The van der Waals surface area contributed by atoms with Gasteiger partial charge in [-0.1, -0.05) is 18.2 Å². The van der Waals surface area contributed by atoms with Gasteiger partial charge in [-0.3, -0.25) is 4.79 Å². The molecule has 1 heterocycles. The summed E-state index contributed by atoms with van der Waals surface area (Å²) in [6.07, 6.45) is 1.62. The highest BCUT2D eigenvalue weighted by atomic mass is 32.2. The van der Waals surface area contributed by atoms with Gasteiger partial charge in [0.05, 0.1) is 4.90 Å². The topological polar surface area (TPSA) is 68.2 Å². The molecule has 112 valence electrons. The zero-order valence-corrected chi connectivity index (χ0v) is 13.1. The predicted molar refractivity (Wildman–Crippen MR) is 81.6 cm³/mol. The summed E-state index contributed by atoms with van der Waals surface area (Å²) in [7, 11) is -1.94. The molecule has 1 aromatic carbocycles. The van der Waals surface area contributed by atoms with E-state index in [0.717, 1.165) is 11.1 Å². The fourth-order valence-electron chi connectivity index (χ4n) is 2.01. The van der Waals surface area contributed by atoms with Gasteiger partial charge in [0.25, 0.3) is 0 Å². The highest BCUT2D eigenvalue weighted by molar-refractivity contribution is 7.89. The third-order valence-electron chi connectivity index (χ3n) is 3.25. The molecule has 2 rings (SSSR count). The molecule has 0 atom stereocenters. The molecular weight excluding hydrogens is 288 g/mol. The van der Waals surface area contributed by atoms with Crippen LogP contribution in [-0.4, -0.2) is 13.0 Å². The maximum Gasteiger partial charge on any atom is 0.250 e. The molecular formula is C15H18N2O3S. The SMILES string of the molecule is Cc1ccc(C)c(S(=O)(=O)NCc2ccc(=O)n(C)c2)c1. The smallest absolute Gasteiger partial charge is 0.250 e. The van der Waals surface area contributed by atoms with Crippen LogP contribution in [0, 0.1) is 13.8 Å². The lowest BCUT2D eigenvalue weighted by Crippen LogP contribution is -2.25. The Labute approximate surface area is 124 Å². The lowest BCUT2D eigenvalue weighted by molar-refractivity contribution is 0.580. The van der Waals surface area contributed by atoms with Gasteiger partial charge in [-0.25, -0.2) is 13.1 Å². The maximum atomic E-state index is 12.4. The van der Waals surface area contributed by atoms with Crippen molar-refractivity contribution in [1.29, 1.82) is 0 Å². The molecule has 21 heavy (non-hydrogen) atoms. The van der Waals surface area contributed by atoms with Crippen molar-refractivity contribution in [3.8, 4) is 0 Å². The Morgan fingerprint density at radius 2 is 1.86 bits per heavy atom. The first-order chi connectivity index (χ1) is 9.79. The van der Waals surface area contributed by atoms with Gasteiger partial charge in [0.2, 0.25) is 15.6 Å². The lowest BCUT2D eigenvalue weighted by Gasteiger charge is -2.10. The number of nitrogens with zero attached hydrogens (tertiary/aromatic N) is 1. The van der Waals surface area contributed by atoms with Crippen molar-refractivity contribution in [1.82, 2.24) is 9.29 Å². The Bertz CT molecular complexity index is 823. The van der Waals surface area contributed by atoms with Crippen LogP contribution in [0.5, 0.6) is 0 Å². The van der Waals surface area contributed by atoms with E-state index in [4.69, 9.17) is 0 Å². The summed E-state index contributed by atoms with van der Waals surface area (Å²) in [5, 5.41) is 0. The third-order valence-corrected chi connectivity index (χ3v) is 4.79. The van der Waals surface area contributed by atoms with Crippen LogP contribution in [-0.2, 0) is 23.6 Å². The average Bonchev–Trinajstić information content (AvgIpc) is 2.43. The molecule has 0 unspecified atom stereocenters. The number of nitrogens with one attached hydrogen (secondary N) is 1. The van der Waals surface area contributed by atoms with E-state index in [1.807, 2.05) is 13.0 Å². The van der Waals surface area contributed by atoms with Crippen molar-refractivity contribution in [3.63, 3.8) is 0 Å². The number of pyridine rings is 1. The van der Waals surface area contributed by atoms with Crippen molar-refractivity contribution in [2.75, 3.05) is 0 Å². The molecule has 0 amide bonds. The summed E-state index contributed by atoms with van der Waals surface area (Å²) >= 11 is 0. The third kappa shape index (κ3) is 3.59. The number of hydrogen-bond acceptors (Lipinski definition) is 3. The van der Waals surface area contributed by atoms with Crippen LogP contribution in [0.3, 0.4) is 0 Å². The zero-order valence-electron chi connectivity index (χ0n) is 12.3. The van der Waals surface area contributed by atoms with Crippen LogP contribution >= 0.6 is 0 Å². The molecule has 0 fully saturated rings. The molecule has 0 aliphatic heterocycles. The Morgan fingerprint density at radius 3 is 2.52 bits per heavy atom. The van der Waals surface area contributed by atoms with Gasteiger partial charge in [0.1, 0.15) is 0 Å². The minimum Gasteiger partial charge on any atom is -0.318 e. The maximum absolute atomic E-state index is 12.4. The van der Waals surface area contributed by atoms with E-state index in [-0.39, 0.29) is 17.0 Å². The van der Waals surface area contributed by atoms with E-state index in [1.54, 1.807) is 38.4 Å². The molecule has 0 saturated heterocycles. The van der Waals surface area contributed by atoms with E-state index < -0.39 is 10.0 Å². The van der Waals surface area contributed by atoms with Gasteiger partial charge in [-0.2, -0.15) is 0 Å². The largest absolute Gasteiger partial charge is 0.318 e. The second kappa shape index (κ2) is 5.83. The van der Waals surface area contributed by atoms with Gasteiger partial charge in [-0.15, -0.1) is 0 Å². The van der Waals surface area contributed by atoms with Crippen LogP contribution in [0.25, 0.3) is 0 Å². The first-order valence-corrected chi connectivity index (χ1v) is 8.00. The van der Waals surface area contributed by atoms with E-state index in [0.29, 0.717) is 5.56 Å². The number of benzene rings is 1. The summed E-state index contributed by atoms with van der Waals surface area (Å²) in [6, 6.07) is 8.35. The van der Waals surface area contributed by atoms with Crippen molar-refractivity contribution in [2.45, 2.75) is 25.3 Å². The highest BCUT2D eigenvalue weighted by Crippen LogP contribution is 2.16. The van der Waals surface area contributed by atoms with Gasteiger partial charge in [0, 0.05) is 25.9 Å². The van der Waals surface area contributed by atoms with Gasteiger partial charge >= 0.3 is 0 Å². The molecule has 2 aromatic rings. The van der Waals surface area contributed by atoms with Crippen LogP contribution in [0.4, 0.5) is 0 Å². The molecule has 1 N–H and O–H groups in total. The fourth-order valence-corrected chi connectivity index (χ4v) is 3.35. The van der Waals surface area contributed by atoms with Gasteiger partial charge in [-0.05, 0) is 36.6 Å². The Kier molecular flexibility index (Phi) is 4.29. The van der Waals surface area contributed by atoms with Gasteiger partial charge in [0.15, 0.2) is 0 Å². The quantitative estimate of drug-likeness (QED) is 0.930. The molecule has 0 saturated carbocycles. The predicted octanol–water partition coefficient (Wildman–Crippen LogP) is 1.48. The molecule has 5 nitrogen and oxygen atoms in total. The van der Waals surface area contributed by atoms with Gasteiger partial charge < -0.3 is 4.57 Å². The molecule has 0 radical (unpaired) electrons. The minimum absolute atomic E-state index is 0.129. The monoisotopic (exact) mass is 306 g/mol. The summed E-state index contributed by atoms with van der Waals surface area (Å²) in [5.41, 5.74) is 2.19. The highest BCUT2D eigenvalue weighted by Gasteiger charge is 2.16. The fraction of sp³-hybridized carbons (Fsp3) is 0.267. The van der Waals surface area contributed by atoms with Crippen molar-refractivity contribution < 1.29 is 8.42 Å². The van der Waals surface area contributed by atoms with E-state index in [2.05, 4.69) is 4.72 Å². The first-order valence-electron chi connectivity index (χ1n) is 6.52. The number of hydrogen-bond donors (Lipinski definition) is 1. The molecule has 0 aliphatic carbocycles. The van der Waals surface area contributed by atoms with Crippen molar-refractivity contribution >= 4 is 10.0 Å². The zero-order chi connectivity index (χ0) is 15.6. The minimum atomic E-state index is -3.57. The molecule has 1 aromatic heterocycles. The second-order valence-corrected chi connectivity index (χ2v) is 6.82. The Hall–Kier alpha value is -1.92. The lowest BCUT2D eigenvalue weighted by atomic mass is 10.2. The Morgan fingerprint density at radius 1 is 1.14 bits per heavy atom. The molecule has 0 bridgehead atoms. The first kappa shape index (κ1) is 15.5. The Balaban J connectivity index is 2.23. The van der Waals surface area contributed by atoms with Crippen LogP contribution in [0.1, 0.15) is 16.7 Å². The second-order valence-electron chi connectivity index (χ2n) is 5.08. The molecule has 6 heteroatoms. The number of rotatable bonds is 4. The summed E-state index contributed by atoms with van der Waals surface area (Å²) in [4.78, 5) is 11.6. The van der Waals surface area contributed by atoms with E-state index in [1.165, 1.54) is 10.6 Å². The molecule has 0 aliphatic rings. The van der Waals surface area contributed by atoms with Crippen molar-refractivity contribution in [2.24, 2.45) is 7.05 Å². The number of sulfonamides is 1. The average molecular weight is 306 g/mol. The van der Waals surface area contributed by atoms with Crippen molar-refractivity contribution in [3.05, 3.63) is 63.6 Å². The van der Waals surface area contributed by atoms with E-state index in [9.17, 15) is 13.2 Å².